The number of anilines is 3. The molecule has 0 amide bonds. The average molecular weight is 383 g/mol. The molecule has 0 saturated heterocycles. The monoisotopic (exact) mass is 383 g/mol. The Morgan fingerprint density at radius 2 is 1.96 bits per heavy atom. The van der Waals surface area contributed by atoms with Crippen molar-refractivity contribution in [2.75, 3.05) is 31.5 Å². The molecule has 0 saturated carbocycles. The Kier molecular flexibility index (Phi) is 5.42. The number of rotatable bonds is 6. The molecule has 3 aromatic rings. The average Bonchev–Trinajstić information content (AvgIpc) is 2.62. The highest BCUT2D eigenvalue weighted by Gasteiger charge is 2.16. The van der Waals surface area contributed by atoms with Crippen LogP contribution in [0.4, 0.5) is 17.2 Å². The highest BCUT2D eigenvalue weighted by Crippen LogP contribution is 2.38. The Morgan fingerprint density at radius 1 is 1.19 bits per heavy atom. The zero-order valence-corrected chi connectivity index (χ0v) is 16.4. The van der Waals surface area contributed by atoms with Gasteiger partial charge in [0.25, 0.3) is 0 Å². The van der Waals surface area contributed by atoms with Crippen LogP contribution in [0, 0.1) is 0 Å². The lowest BCUT2D eigenvalue weighted by Crippen LogP contribution is -2.11. The molecule has 0 aliphatic heterocycles. The van der Waals surface area contributed by atoms with Gasteiger partial charge in [-0.05, 0) is 43.7 Å². The number of nitrogen functional groups attached to an aromatic ring is 1. The lowest BCUT2D eigenvalue weighted by atomic mass is 10.1. The summed E-state index contributed by atoms with van der Waals surface area (Å²) in [6.07, 6.45) is 1.96. The number of para-hydroxylation sites is 1. The van der Waals surface area contributed by atoms with Gasteiger partial charge in [0.05, 0.1) is 19.0 Å². The van der Waals surface area contributed by atoms with E-state index in [9.17, 15) is 4.57 Å². The van der Waals surface area contributed by atoms with Crippen LogP contribution >= 0.6 is 7.14 Å². The molecule has 0 aliphatic rings. The van der Waals surface area contributed by atoms with Crippen LogP contribution in [0.25, 0.3) is 0 Å². The summed E-state index contributed by atoms with van der Waals surface area (Å²) in [5.41, 5.74) is 8.14. The molecular formula is C19H22N5O2P. The summed E-state index contributed by atoms with van der Waals surface area (Å²) in [4.78, 5) is 4.52. The topological polar surface area (TPSA) is 103 Å². The van der Waals surface area contributed by atoms with E-state index in [0.29, 0.717) is 23.8 Å². The summed E-state index contributed by atoms with van der Waals surface area (Å²) in [5, 5.41) is 12.1. The SMILES string of the molecule is COc1ccc(N)cc1Cc1nncc(Nc2ccccc2P(C)(C)=O)n1. The molecule has 1 heterocycles. The van der Waals surface area contributed by atoms with Crippen molar-refractivity contribution in [3.8, 4) is 5.75 Å². The summed E-state index contributed by atoms with van der Waals surface area (Å²) in [6.45, 7) is 3.48. The Bertz CT molecular complexity index is 1000. The number of nitrogens with two attached hydrogens (primary N) is 1. The summed E-state index contributed by atoms with van der Waals surface area (Å²) in [5.74, 6) is 1.77. The first-order valence-corrected chi connectivity index (χ1v) is 11.0. The summed E-state index contributed by atoms with van der Waals surface area (Å²) < 4.78 is 17.9. The molecule has 0 fully saturated rings. The maximum absolute atomic E-state index is 12.5. The minimum absolute atomic E-state index is 0.429. The van der Waals surface area contributed by atoms with Gasteiger partial charge in [0, 0.05) is 23.0 Å². The van der Waals surface area contributed by atoms with Gasteiger partial charge in [-0.15, -0.1) is 5.10 Å². The number of benzene rings is 2. The molecule has 2 aromatic carbocycles. The third-order valence-electron chi connectivity index (χ3n) is 4.00. The maximum Gasteiger partial charge on any atom is 0.157 e. The van der Waals surface area contributed by atoms with Crippen molar-refractivity contribution in [1.29, 1.82) is 0 Å². The molecule has 3 rings (SSSR count). The van der Waals surface area contributed by atoms with E-state index in [1.165, 1.54) is 6.20 Å². The zero-order chi connectivity index (χ0) is 19.4. The molecule has 140 valence electrons. The van der Waals surface area contributed by atoms with Crippen LogP contribution in [0.2, 0.25) is 0 Å². The largest absolute Gasteiger partial charge is 0.496 e. The van der Waals surface area contributed by atoms with Crippen molar-refractivity contribution in [1.82, 2.24) is 15.2 Å². The smallest absolute Gasteiger partial charge is 0.157 e. The van der Waals surface area contributed by atoms with Crippen molar-refractivity contribution in [3.63, 3.8) is 0 Å². The first-order chi connectivity index (χ1) is 12.9. The fourth-order valence-electron chi connectivity index (χ4n) is 2.77. The minimum atomic E-state index is -2.43. The Morgan fingerprint density at radius 3 is 2.70 bits per heavy atom. The van der Waals surface area contributed by atoms with Gasteiger partial charge in [-0.2, -0.15) is 5.10 Å². The van der Waals surface area contributed by atoms with Crippen LogP contribution in [0.5, 0.6) is 5.75 Å². The molecule has 7 nitrogen and oxygen atoms in total. The van der Waals surface area contributed by atoms with Crippen LogP contribution in [-0.2, 0) is 11.0 Å². The lowest BCUT2D eigenvalue weighted by molar-refractivity contribution is 0.410. The van der Waals surface area contributed by atoms with E-state index >= 15 is 0 Å². The predicted octanol–water partition coefficient (Wildman–Crippen LogP) is 3.04. The number of hydrogen-bond acceptors (Lipinski definition) is 7. The molecule has 0 spiro atoms. The second-order valence-corrected chi connectivity index (χ2v) is 9.68. The number of nitrogens with one attached hydrogen (secondary N) is 1. The van der Waals surface area contributed by atoms with Gasteiger partial charge < -0.3 is 20.4 Å². The lowest BCUT2D eigenvalue weighted by Gasteiger charge is -2.14. The molecule has 0 atom stereocenters. The van der Waals surface area contributed by atoms with Crippen LogP contribution in [-0.4, -0.2) is 35.6 Å². The normalized spacial score (nSPS) is 11.2. The fraction of sp³-hybridized carbons (Fsp3) is 0.211. The first-order valence-electron chi connectivity index (χ1n) is 8.39. The standard InChI is InChI=1S/C19H22N5O2P/c1-26-16-9-8-14(20)10-13(16)11-18-23-19(12-21-24-18)22-15-6-4-5-7-17(15)27(2,3)25/h4-10,12H,11,20H2,1-3H3,(H,22,23,24). The second-order valence-electron chi connectivity index (χ2n) is 6.50. The number of hydrogen-bond donors (Lipinski definition) is 2. The van der Waals surface area contributed by atoms with Crippen LogP contribution < -0.4 is 21.1 Å². The molecule has 8 heteroatoms. The molecular weight excluding hydrogens is 361 g/mol. The Balaban J connectivity index is 1.88. The number of aromatic nitrogens is 3. The first kappa shape index (κ1) is 18.9. The zero-order valence-electron chi connectivity index (χ0n) is 15.5. The predicted molar refractivity (Wildman–Crippen MR) is 109 cm³/mol. The Hall–Kier alpha value is -2.92. The number of ether oxygens (including phenoxy) is 1. The molecule has 1 aromatic heterocycles. The van der Waals surface area contributed by atoms with E-state index in [0.717, 1.165) is 22.3 Å². The third-order valence-corrected chi connectivity index (χ3v) is 5.55. The van der Waals surface area contributed by atoms with E-state index in [-0.39, 0.29) is 0 Å². The Labute approximate surface area is 158 Å². The highest BCUT2D eigenvalue weighted by molar-refractivity contribution is 7.70. The van der Waals surface area contributed by atoms with Gasteiger partial charge in [-0.25, -0.2) is 4.98 Å². The van der Waals surface area contributed by atoms with Crippen molar-refractivity contribution < 1.29 is 9.30 Å². The molecule has 0 bridgehead atoms. The van der Waals surface area contributed by atoms with Gasteiger partial charge in [0.1, 0.15) is 12.9 Å². The number of methoxy groups -OCH3 is 1. The van der Waals surface area contributed by atoms with Gasteiger partial charge in [0.2, 0.25) is 0 Å². The van der Waals surface area contributed by atoms with Gasteiger partial charge in [-0.1, -0.05) is 12.1 Å². The highest BCUT2D eigenvalue weighted by atomic mass is 31.2. The molecule has 27 heavy (non-hydrogen) atoms. The van der Waals surface area contributed by atoms with Crippen molar-refractivity contribution in [2.45, 2.75) is 6.42 Å². The van der Waals surface area contributed by atoms with E-state index in [1.54, 1.807) is 26.5 Å². The summed E-state index contributed by atoms with van der Waals surface area (Å²) >= 11 is 0. The molecule has 0 radical (unpaired) electrons. The second kappa shape index (κ2) is 7.76. The van der Waals surface area contributed by atoms with Crippen molar-refractivity contribution >= 4 is 29.6 Å². The van der Waals surface area contributed by atoms with Gasteiger partial charge in [-0.3, -0.25) is 0 Å². The van der Waals surface area contributed by atoms with Crippen LogP contribution in [0.15, 0.2) is 48.7 Å². The maximum atomic E-state index is 12.5. The van der Waals surface area contributed by atoms with E-state index in [2.05, 4.69) is 20.5 Å². The third kappa shape index (κ3) is 4.63. The number of nitrogens with zero attached hydrogens (tertiary/aromatic N) is 3. The van der Waals surface area contributed by atoms with Gasteiger partial charge in [0.15, 0.2) is 11.6 Å². The quantitative estimate of drug-likeness (QED) is 0.498. The fourth-order valence-corrected chi connectivity index (χ4v) is 3.93. The summed E-state index contributed by atoms with van der Waals surface area (Å²) in [7, 11) is -0.824. The van der Waals surface area contributed by atoms with Crippen LogP contribution in [0.3, 0.4) is 0 Å². The van der Waals surface area contributed by atoms with Crippen molar-refractivity contribution in [2.24, 2.45) is 0 Å². The minimum Gasteiger partial charge on any atom is -0.496 e. The van der Waals surface area contributed by atoms with Crippen molar-refractivity contribution in [3.05, 3.63) is 60.0 Å². The van der Waals surface area contributed by atoms with E-state index in [1.807, 2.05) is 36.4 Å². The van der Waals surface area contributed by atoms with Gasteiger partial charge >= 0.3 is 0 Å². The molecule has 0 aliphatic carbocycles. The van der Waals surface area contributed by atoms with E-state index in [4.69, 9.17) is 10.5 Å². The summed E-state index contributed by atoms with van der Waals surface area (Å²) in [6, 6.07) is 12.9. The van der Waals surface area contributed by atoms with Crippen LogP contribution in [0.1, 0.15) is 11.4 Å². The molecule has 3 N–H and O–H groups in total. The molecule has 0 unspecified atom stereocenters. The van der Waals surface area contributed by atoms with E-state index < -0.39 is 7.14 Å².